The van der Waals surface area contributed by atoms with Gasteiger partial charge in [-0.1, -0.05) is 30.3 Å². The standard InChI is InChI=1S/C19H15F4N5/c20-12-8-13(21)17(23)18(16(12)22)28-27-15-9-14(10-4-2-1-3-5-10)25-19(26-15)24-11-6-7-11/h1-5,8-9,11,28H,6-7H2,(H2,24,25,26,27). The average molecular weight is 389 g/mol. The molecule has 0 bridgehead atoms. The molecule has 0 radical (unpaired) electrons. The normalized spacial score (nSPS) is 13.3. The fourth-order valence-corrected chi connectivity index (χ4v) is 2.55. The largest absolute Gasteiger partial charge is 0.351 e. The molecular formula is C19H15F4N5. The molecule has 9 heteroatoms. The van der Waals surface area contributed by atoms with Crippen LogP contribution in [0.25, 0.3) is 11.3 Å². The van der Waals surface area contributed by atoms with E-state index in [4.69, 9.17) is 0 Å². The Morgan fingerprint density at radius 3 is 2.14 bits per heavy atom. The Labute approximate surface area is 157 Å². The zero-order chi connectivity index (χ0) is 19.7. The van der Waals surface area contributed by atoms with Crippen molar-refractivity contribution in [3.8, 4) is 11.3 Å². The van der Waals surface area contributed by atoms with Crippen LogP contribution in [0.4, 0.5) is 35.0 Å². The number of rotatable bonds is 6. The van der Waals surface area contributed by atoms with Gasteiger partial charge in [0.15, 0.2) is 29.1 Å². The molecule has 1 heterocycles. The summed E-state index contributed by atoms with van der Waals surface area (Å²) >= 11 is 0. The van der Waals surface area contributed by atoms with Gasteiger partial charge in [-0.3, -0.25) is 10.9 Å². The number of aromatic nitrogens is 2. The first kappa shape index (κ1) is 18.0. The monoisotopic (exact) mass is 389 g/mol. The predicted octanol–water partition coefficient (Wildman–Crippen LogP) is 4.71. The maximum atomic E-state index is 13.8. The van der Waals surface area contributed by atoms with Gasteiger partial charge in [-0.2, -0.15) is 4.98 Å². The number of benzene rings is 2. The lowest BCUT2D eigenvalue weighted by atomic mass is 10.1. The fourth-order valence-electron chi connectivity index (χ4n) is 2.55. The molecule has 4 rings (SSSR count). The molecule has 0 saturated heterocycles. The molecule has 1 aliphatic rings. The number of halogens is 4. The van der Waals surface area contributed by atoms with E-state index in [2.05, 4.69) is 26.1 Å². The van der Waals surface area contributed by atoms with Gasteiger partial charge in [-0.15, -0.1) is 0 Å². The van der Waals surface area contributed by atoms with E-state index in [0.717, 1.165) is 18.4 Å². The minimum Gasteiger partial charge on any atom is -0.351 e. The average Bonchev–Trinajstić information content (AvgIpc) is 3.51. The summed E-state index contributed by atoms with van der Waals surface area (Å²) in [5.41, 5.74) is 5.04. The molecule has 28 heavy (non-hydrogen) atoms. The van der Waals surface area contributed by atoms with E-state index in [1.807, 2.05) is 30.3 Å². The summed E-state index contributed by atoms with van der Waals surface area (Å²) < 4.78 is 54.4. The van der Waals surface area contributed by atoms with Crippen LogP contribution < -0.4 is 16.2 Å². The SMILES string of the molecule is Fc1cc(F)c(F)c(NNc2cc(-c3ccccc3)nc(NC3CC3)n2)c1F. The van der Waals surface area contributed by atoms with Gasteiger partial charge in [0.05, 0.1) is 5.69 Å². The number of hydrogen-bond donors (Lipinski definition) is 3. The van der Waals surface area contributed by atoms with Gasteiger partial charge in [-0.05, 0) is 12.8 Å². The molecule has 5 nitrogen and oxygen atoms in total. The van der Waals surface area contributed by atoms with Crippen molar-refractivity contribution < 1.29 is 17.6 Å². The summed E-state index contributed by atoms with van der Waals surface area (Å²) in [6, 6.07) is 11.2. The second kappa shape index (κ2) is 7.34. The highest BCUT2D eigenvalue weighted by Gasteiger charge is 2.23. The molecule has 0 atom stereocenters. The molecule has 2 aromatic carbocycles. The van der Waals surface area contributed by atoms with Crippen molar-refractivity contribution >= 4 is 17.5 Å². The molecule has 3 aromatic rings. The van der Waals surface area contributed by atoms with Crippen molar-refractivity contribution in [2.45, 2.75) is 18.9 Å². The van der Waals surface area contributed by atoms with Crippen LogP contribution in [-0.2, 0) is 0 Å². The third-order valence-electron chi connectivity index (χ3n) is 4.13. The van der Waals surface area contributed by atoms with E-state index >= 15 is 0 Å². The molecule has 1 saturated carbocycles. The molecular weight excluding hydrogens is 374 g/mol. The van der Waals surface area contributed by atoms with Gasteiger partial charge >= 0.3 is 0 Å². The lowest BCUT2D eigenvalue weighted by Gasteiger charge is -2.14. The summed E-state index contributed by atoms with van der Waals surface area (Å²) in [5.74, 6) is -5.60. The first-order valence-corrected chi connectivity index (χ1v) is 8.57. The van der Waals surface area contributed by atoms with Crippen LogP contribution in [0.2, 0.25) is 0 Å². The van der Waals surface area contributed by atoms with E-state index in [1.165, 1.54) is 0 Å². The lowest BCUT2D eigenvalue weighted by molar-refractivity contribution is 0.459. The van der Waals surface area contributed by atoms with Crippen molar-refractivity contribution in [3.05, 3.63) is 65.7 Å². The van der Waals surface area contributed by atoms with E-state index in [-0.39, 0.29) is 17.9 Å². The van der Waals surface area contributed by atoms with E-state index in [9.17, 15) is 17.6 Å². The Morgan fingerprint density at radius 2 is 1.50 bits per heavy atom. The summed E-state index contributed by atoms with van der Waals surface area (Å²) in [6.07, 6.45) is 2.00. The minimum absolute atomic E-state index is 0.145. The van der Waals surface area contributed by atoms with Crippen LogP contribution in [0.15, 0.2) is 42.5 Å². The maximum absolute atomic E-state index is 13.8. The first-order valence-electron chi connectivity index (χ1n) is 8.57. The van der Waals surface area contributed by atoms with Gasteiger partial charge in [0.1, 0.15) is 5.69 Å². The third kappa shape index (κ3) is 3.83. The number of hydrogen-bond acceptors (Lipinski definition) is 5. The van der Waals surface area contributed by atoms with Crippen molar-refractivity contribution in [2.24, 2.45) is 0 Å². The lowest BCUT2D eigenvalue weighted by Crippen LogP contribution is -2.16. The highest BCUT2D eigenvalue weighted by atomic mass is 19.2. The van der Waals surface area contributed by atoms with E-state index < -0.39 is 29.0 Å². The summed E-state index contributed by atoms with van der Waals surface area (Å²) in [5, 5.41) is 3.15. The number of anilines is 3. The molecule has 144 valence electrons. The van der Waals surface area contributed by atoms with Gasteiger partial charge in [0.25, 0.3) is 0 Å². The van der Waals surface area contributed by atoms with Crippen molar-refractivity contribution in [2.75, 3.05) is 16.2 Å². The van der Waals surface area contributed by atoms with E-state index in [1.54, 1.807) is 6.07 Å². The Morgan fingerprint density at radius 1 is 0.821 bits per heavy atom. The second-order valence-corrected chi connectivity index (χ2v) is 6.34. The van der Waals surface area contributed by atoms with Crippen LogP contribution in [0.3, 0.4) is 0 Å². The van der Waals surface area contributed by atoms with Crippen LogP contribution in [0.1, 0.15) is 12.8 Å². The number of hydrazine groups is 1. The van der Waals surface area contributed by atoms with Crippen LogP contribution in [-0.4, -0.2) is 16.0 Å². The summed E-state index contributed by atoms with van der Waals surface area (Å²) in [6.45, 7) is 0. The van der Waals surface area contributed by atoms with Crippen molar-refractivity contribution in [1.29, 1.82) is 0 Å². The zero-order valence-electron chi connectivity index (χ0n) is 14.4. The fraction of sp³-hybridized carbons (Fsp3) is 0.158. The Kier molecular flexibility index (Phi) is 4.72. The van der Waals surface area contributed by atoms with Gasteiger partial charge in [0, 0.05) is 23.7 Å². The van der Waals surface area contributed by atoms with Crippen LogP contribution in [0, 0.1) is 23.3 Å². The molecule has 0 amide bonds. The van der Waals surface area contributed by atoms with E-state index in [0.29, 0.717) is 11.6 Å². The molecule has 0 unspecified atom stereocenters. The number of nitrogens with one attached hydrogen (secondary N) is 3. The third-order valence-corrected chi connectivity index (χ3v) is 4.13. The minimum atomic E-state index is -1.54. The first-order chi connectivity index (χ1) is 13.5. The Hall–Kier alpha value is -3.36. The predicted molar refractivity (Wildman–Crippen MR) is 97.6 cm³/mol. The molecule has 0 aliphatic heterocycles. The number of nitrogens with zero attached hydrogens (tertiary/aromatic N) is 2. The molecule has 0 spiro atoms. The smallest absolute Gasteiger partial charge is 0.225 e. The molecule has 3 N–H and O–H groups in total. The Bertz CT molecular complexity index is 983. The van der Waals surface area contributed by atoms with Crippen LogP contribution >= 0.6 is 0 Å². The van der Waals surface area contributed by atoms with Gasteiger partial charge in [-0.25, -0.2) is 22.5 Å². The quantitative estimate of drug-likeness (QED) is 0.324. The highest BCUT2D eigenvalue weighted by Crippen LogP contribution is 2.27. The summed E-state index contributed by atoms with van der Waals surface area (Å²) in [7, 11) is 0. The van der Waals surface area contributed by atoms with Gasteiger partial charge in [0.2, 0.25) is 5.95 Å². The van der Waals surface area contributed by atoms with Crippen molar-refractivity contribution in [3.63, 3.8) is 0 Å². The molecule has 1 fully saturated rings. The summed E-state index contributed by atoms with van der Waals surface area (Å²) in [4.78, 5) is 8.67. The van der Waals surface area contributed by atoms with Crippen molar-refractivity contribution in [1.82, 2.24) is 9.97 Å². The topological polar surface area (TPSA) is 61.9 Å². The van der Waals surface area contributed by atoms with Crippen LogP contribution in [0.5, 0.6) is 0 Å². The zero-order valence-corrected chi connectivity index (χ0v) is 14.4. The maximum Gasteiger partial charge on any atom is 0.225 e. The molecule has 1 aromatic heterocycles. The van der Waals surface area contributed by atoms with Gasteiger partial charge < -0.3 is 5.32 Å². The Balaban J connectivity index is 1.64. The second-order valence-electron chi connectivity index (χ2n) is 6.34. The molecule has 1 aliphatic carbocycles. The highest BCUT2D eigenvalue weighted by molar-refractivity contribution is 5.65.